The number of aliphatic hydroxyl groups is 1. The molecule has 1 saturated heterocycles. The van der Waals surface area contributed by atoms with Crippen molar-refractivity contribution < 1.29 is 37.3 Å². The van der Waals surface area contributed by atoms with Crippen molar-refractivity contribution in [1.29, 1.82) is 0 Å². The number of aliphatic hydroxyl groups excluding tert-OH is 1. The van der Waals surface area contributed by atoms with Crippen LogP contribution in [-0.2, 0) is 16.0 Å². The lowest BCUT2D eigenvalue weighted by atomic mass is 9.96. The number of rotatable bonds is 4. The van der Waals surface area contributed by atoms with Gasteiger partial charge in [0.25, 0.3) is 11.7 Å². The standard InChI is InChI=1S/C26H19F3N2O5/c27-26(28,29)36-18-9-7-17(8-10-18)31-22(19-5-1-2-12-30-19)21(24(33)25(31)34)23(32)16-6-11-20-15(14-16)4-3-13-35-20/h1-2,5-12,14,22,32H,3-4,13H2/b23-21-. The predicted molar refractivity (Wildman–Crippen MR) is 122 cm³/mol. The largest absolute Gasteiger partial charge is 0.573 e. The van der Waals surface area contributed by atoms with Gasteiger partial charge in [-0.25, -0.2) is 0 Å². The zero-order valence-corrected chi connectivity index (χ0v) is 18.7. The number of fused-ring (bicyclic) bond motifs is 1. The SMILES string of the molecule is O=C1C(=O)N(c2ccc(OC(F)(F)F)cc2)C(c2ccccn2)/C1=C(/O)c1ccc2c(c1)CCCO2. The van der Waals surface area contributed by atoms with Crippen molar-refractivity contribution in [3.63, 3.8) is 0 Å². The summed E-state index contributed by atoms with van der Waals surface area (Å²) in [4.78, 5) is 31.7. The van der Waals surface area contributed by atoms with Gasteiger partial charge < -0.3 is 14.6 Å². The van der Waals surface area contributed by atoms with Gasteiger partial charge in [-0.05, 0) is 73.0 Å². The van der Waals surface area contributed by atoms with Gasteiger partial charge in [0.15, 0.2) is 0 Å². The van der Waals surface area contributed by atoms with E-state index in [2.05, 4.69) is 9.72 Å². The number of amides is 1. The summed E-state index contributed by atoms with van der Waals surface area (Å²) < 4.78 is 47.2. The second-order valence-electron chi connectivity index (χ2n) is 8.24. The third-order valence-electron chi connectivity index (χ3n) is 5.94. The molecule has 1 fully saturated rings. The number of anilines is 1. The summed E-state index contributed by atoms with van der Waals surface area (Å²) in [7, 11) is 0. The zero-order chi connectivity index (χ0) is 25.4. The fraction of sp³-hybridized carbons (Fsp3) is 0.192. The van der Waals surface area contributed by atoms with Crippen LogP contribution in [0.3, 0.4) is 0 Å². The molecule has 3 aromatic rings. The number of carbonyl (C=O) groups excluding carboxylic acids is 2. The fourth-order valence-corrected chi connectivity index (χ4v) is 4.39. The Morgan fingerprint density at radius 3 is 2.56 bits per heavy atom. The Balaban J connectivity index is 1.61. The minimum Gasteiger partial charge on any atom is -0.507 e. The second kappa shape index (κ2) is 9.03. The maximum Gasteiger partial charge on any atom is 0.573 e. The third kappa shape index (κ3) is 4.37. The summed E-state index contributed by atoms with van der Waals surface area (Å²) in [5, 5.41) is 11.2. The van der Waals surface area contributed by atoms with Crippen LogP contribution in [0.1, 0.15) is 29.3 Å². The fourth-order valence-electron chi connectivity index (χ4n) is 4.39. The van der Waals surface area contributed by atoms with Crippen LogP contribution in [0.25, 0.3) is 5.76 Å². The zero-order valence-electron chi connectivity index (χ0n) is 18.7. The highest BCUT2D eigenvalue weighted by molar-refractivity contribution is 6.51. The van der Waals surface area contributed by atoms with E-state index in [4.69, 9.17) is 4.74 Å². The molecular formula is C26H19F3N2O5. The van der Waals surface area contributed by atoms with E-state index in [0.29, 0.717) is 23.6 Å². The van der Waals surface area contributed by atoms with Crippen LogP contribution in [0.5, 0.6) is 11.5 Å². The maximum atomic E-state index is 13.2. The van der Waals surface area contributed by atoms with Crippen LogP contribution in [0.15, 0.2) is 72.4 Å². The molecule has 1 aromatic heterocycles. The Morgan fingerprint density at radius 2 is 1.86 bits per heavy atom. The first-order chi connectivity index (χ1) is 17.2. The predicted octanol–water partition coefficient (Wildman–Crippen LogP) is 4.93. The van der Waals surface area contributed by atoms with Gasteiger partial charge in [0.05, 0.1) is 17.9 Å². The molecule has 2 aromatic carbocycles. The van der Waals surface area contributed by atoms with Crippen molar-refractivity contribution in [1.82, 2.24) is 4.98 Å². The summed E-state index contributed by atoms with van der Waals surface area (Å²) in [5.41, 5.74) is 1.47. The molecule has 7 nitrogen and oxygen atoms in total. The highest BCUT2D eigenvalue weighted by Gasteiger charge is 2.47. The number of pyridine rings is 1. The molecule has 1 unspecified atom stereocenters. The quantitative estimate of drug-likeness (QED) is 0.313. The first-order valence-electron chi connectivity index (χ1n) is 11.1. The van der Waals surface area contributed by atoms with Crippen molar-refractivity contribution in [3.8, 4) is 11.5 Å². The Labute approximate surface area is 203 Å². The Bertz CT molecular complexity index is 1350. The van der Waals surface area contributed by atoms with E-state index >= 15 is 0 Å². The molecule has 3 heterocycles. The van der Waals surface area contributed by atoms with Gasteiger partial charge in [0, 0.05) is 17.4 Å². The molecule has 1 N–H and O–H groups in total. The first kappa shape index (κ1) is 23.4. The molecule has 36 heavy (non-hydrogen) atoms. The molecule has 10 heteroatoms. The lowest BCUT2D eigenvalue weighted by Crippen LogP contribution is -2.29. The van der Waals surface area contributed by atoms with Gasteiger partial charge in [0.2, 0.25) is 0 Å². The Kier molecular flexibility index (Phi) is 5.87. The van der Waals surface area contributed by atoms with E-state index in [9.17, 15) is 27.9 Å². The maximum absolute atomic E-state index is 13.2. The van der Waals surface area contributed by atoms with Crippen LogP contribution < -0.4 is 14.4 Å². The van der Waals surface area contributed by atoms with Crippen LogP contribution >= 0.6 is 0 Å². The number of aryl methyl sites for hydroxylation is 1. The highest BCUT2D eigenvalue weighted by Crippen LogP contribution is 2.42. The molecule has 0 aliphatic carbocycles. The van der Waals surface area contributed by atoms with Crippen LogP contribution in [0.4, 0.5) is 18.9 Å². The molecular weight excluding hydrogens is 477 g/mol. The molecule has 5 rings (SSSR count). The number of benzene rings is 2. The van der Waals surface area contributed by atoms with E-state index in [0.717, 1.165) is 35.4 Å². The summed E-state index contributed by atoms with van der Waals surface area (Å²) in [6, 6.07) is 13.4. The van der Waals surface area contributed by atoms with Crippen molar-refractivity contribution >= 4 is 23.1 Å². The van der Waals surface area contributed by atoms with Crippen molar-refractivity contribution in [2.45, 2.75) is 25.2 Å². The van der Waals surface area contributed by atoms with Crippen molar-refractivity contribution in [2.24, 2.45) is 0 Å². The smallest absolute Gasteiger partial charge is 0.507 e. The summed E-state index contributed by atoms with van der Waals surface area (Å²) in [5.74, 6) is -2.04. The summed E-state index contributed by atoms with van der Waals surface area (Å²) in [6.07, 6.45) is -1.85. The van der Waals surface area contributed by atoms with Gasteiger partial charge in [-0.1, -0.05) is 6.07 Å². The van der Waals surface area contributed by atoms with E-state index in [1.165, 1.54) is 18.3 Å². The number of hydrogen-bond acceptors (Lipinski definition) is 6. The van der Waals surface area contributed by atoms with Gasteiger partial charge in [0.1, 0.15) is 23.3 Å². The molecule has 0 radical (unpaired) electrons. The van der Waals surface area contributed by atoms with E-state index < -0.39 is 29.8 Å². The summed E-state index contributed by atoms with van der Waals surface area (Å²) in [6.45, 7) is 0.593. The monoisotopic (exact) mass is 496 g/mol. The molecule has 1 atom stereocenters. The number of ketones is 1. The number of carbonyl (C=O) groups is 2. The number of hydrogen-bond donors (Lipinski definition) is 1. The molecule has 1 amide bonds. The Hall–Kier alpha value is -4.34. The van der Waals surface area contributed by atoms with Gasteiger partial charge >= 0.3 is 6.36 Å². The molecule has 2 aliphatic rings. The number of Topliss-reactive ketones (excluding diaryl/α,β-unsaturated/α-hetero) is 1. The van der Waals surface area contributed by atoms with Gasteiger partial charge in [-0.2, -0.15) is 0 Å². The molecule has 0 saturated carbocycles. The minimum absolute atomic E-state index is 0.139. The third-order valence-corrected chi connectivity index (χ3v) is 5.94. The number of ether oxygens (including phenoxy) is 2. The van der Waals surface area contributed by atoms with Crippen LogP contribution in [-0.4, -0.2) is 34.8 Å². The van der Waals surface area contributed by atoms with Crippen molar-refractivity contribution in [2.75, 3.05) is 11.5 Å². The number of nitrogens with zero attached hydrogens (tertiary/aromatic N) is 2. The second-order valence-corrected chi connectivity index (χ2v) is 8.24. The molecule has 0 bridgehead atoms. The highest BCUT2D eigenvalue weighted by atomic mass is 19.4. The van der Waals surface area contributed by atoms with Gasteiger partial charge in [-0.3, -0.25) is 19.5 Å². The molecule has 184 valence electrons. The lowest BCUT2D eigenvalue weighted by Gasteiger charge is -2.25. The van der Waals surface area contributed by atoms with E-state index in [-0.39, 0.29) is 17.0 Å². The number of halogens is 3. The first-order valence-corrected chi connectivity index (χ1v) is 11.1. The van der Waals surface area contributed by atoms with Crippen LogP contribution in [0, 0.1) is 0 Å². The van der Waals surface area contributed by atoms with Crippen LogP contribution in [0.2, 0.25) is 0 Å². The average Bonchev–Trinajstić information content (AvgIpc) is 3.13. The average molecular weight is 496 g/mol. The van der Waals surface area contributed by atoms with Gasteiger partial charge in [-0.15, -0.1) is 13.2 Å². The minimum atomic E-state index is -4.88. The normalized spacial score (nSPS) is 19.1. The molecule has 0 spiro atoms. The molecule has 2 aliphatic heterocycles. The Morgan fingerprint density at radius 1 is 1.08 bits per heavy atom. The summed E-state index contributed by atoms with van der Waals surface area (Å²) >= 11 is 0. The number of aromatic nitrogens is 1. The number of alkyl halides is 3. The van der Waals surface area contributed by atoms with E-state index in [1.807, 2.05) is 0 Å². The lowest BCUT2D eigenvalue weighted by molar-refractivity contribution is -0.274. The van der Waals surface area contributed by atoms with E-state index in [1.54, 1.807) is 36.4 Å². The topological polar surface area (TPSA) is 89.0 Å². The van der Waals surface area contributed by atoms with Crippen molar-refractivity contribution in [3.05, 3.63) is 89.3 Å².